The Morgan fingerprint density at radius 3 is 2.52 bits per heavy atom. The summed E-state index contributed by atoms with van der Waals surface area (Å²) in [6.07, 6.45) is 0. The Labute approximate surface area is 136 Å². The van der Waals surface area contributed by atoms with Gasteiger partial charge in [-0.1, -0.05) is 12.1 Å². The molecule has 0 fully saturated rings. The quantitative estimate of drug-likeness (QED) is 0.888. The Morgan fingerprint density at radius 2 is 1.74 bits per heavy atom. The standard InChI is InChI=1S/C18H21NO4/c1-20-15-5-4-14(17(10-15)21-2)12-19-11-13-3-6-16-18(9-13)23-8-7-22-16/h3-6,9-10,19H,7-8,11-12H2,1-2H3. The summed E-state index contributed by atoms with van der Waals surface area (Å²) in [5.41, 5.74) is 2.24. The van der Waals surface area contributed by atoms with Crippen LogP contribution < -0.4 is 24.3 Å². The van der Waals surface area contributed by atoms with Crippen LogP contribution in [0.5, 0.6) is 23.0 Å². The lowest BCUT2D eigenvalue weighted by Gasteiger charge is -2.19. The molecule has 0 amide bonds. The van der Waals surface area contributed by atoms with Crippen LogP contribution in [0.4, 0.5) is 0 Å². The van der Waals surface area contributed by atoms with Gasteiger partial charge in [0.1, 0.15) is 24.7 Å². The van der Waals surface area contributed by atoms with Crippen molar-refractivity contribution in [2.45, 2.75) is 13.1 Å². The lowest BCUT2D eigenvalue weighted by atomic mass is 10.1. The smallest absolute Gasteiger partial charge is 0.161 e. The number of hydrogen-bond acceptors (Lipinski definition) is 5. The second-order valence-electron chi connectivity index (χ2n) is 5.26. The van der Waals surface area contributed by atoms with Crippen LogP contribution in [-0.2, 0) is 13.1 Å². The number of ether oxygens (including phenoxy) is 4. The molecule has 23 heavy (non-hydrogen) atoms. The van der Waals surface area contributed by atoms with Crippen molar-refractivity contribution in [2.75, 3.05) is 27.4 Å². The van der Waals surface area contributed by atoms with Crippen LogP contribution in [0.2, 0.25) is 0 Å². The van der Waals surface area contributed by atoms with E-state index < -0.39 is 0 Å². The molecule has 0 unspecified atom stereocenters. The molecule has 1 N–H and O–H groups in total. The molecule has 5 heteroatoms. The van der Waals surface area contributed by atoms with Gasteiger partial charge in [-0.05, 0) is 23.8 Å². The van der Waals surface area contributed by atoms with Gasteiger partial charge >= 0.3 is 0 Å². The van der Waals surface area contributed by atoms with Crippen molar-refractivity contribution in [3.63, 3.8) is 0 Å². The van der Waals surface area contributed by atoms with Crippen LogP contribution in [0.15, 0.2) is 36.4 Å². The van der Waals surface area contributed by atoms with Gasteiger partial charge in [-0.25, -0.2) is 0 Å². The summed E-state index contributed by atoms with van der Waals surface area (Å²) in [7, 11) is 3.31. The fourth-order valence-corrected chi connectivity index (χ4v) is 2.54. The summed E-state index contributed by atoms with van der Waals surface area (Å²) in [6.45, 7) is 2.67. The minimum Gasteiger partial charge on any atom is -0.497 e. The van der Waals surface area contributed by atoms with Gasteiger partial charge in [-0.15, -0.1) is 0 Å². The molecule has 0 spiro atoms. The molecule has 0 saturated carbocycles. The molecule has 0 aromatic heterocycles. The van der Waals surface area contributed by atoms with Crippen molar-refractivity contribution < 1.29 is 18.9 Å². The SMILES string of the molecule is COc1ccc(CNCc2ccc3c(c2)OCCO3)c(OC)c1. The lowest BCUT2D eigenvalue weighted by molar-refractivity contribution is 0.171. The predicted octanol–water partition coefficient (Wildman–Crippen LogP) is 2.76. The minimum absolute atomic E-state index is 0.604. The highest BCUT2D eigenvalue weighted by Crippen LogP contribution is 2.30. The first-order chi connectivity index (χ1) is 11.3. The molecular formula is C18H21NO4. The lowest BCUT2D eigenvalue weighted by Crippen LogP contribution is -2.17. The van der Waals surface area contributed by atoms with Gasteiger partial charge in [0.25, 0.3) is 0 Å². The van der Waals surface area contributed by atoms with Gasteiger partial charge in [-0.2, -0.15) is 0 Å². The van der Waals surface area contributed by atoms with E-state index in [-0.39, 0.29) is 0 Å². The molecule has 1 aliphatic rings. The average Bonchev–Trinajstić information content (AvgIpc) is 2.61. The molecule has 2 aromatic rings. The molecule has 2 aromatic carbocycles. The van der Waals surface area contributed by atoms with E-state index in [2.05, 4.69) is 5.32 Å². The molecule has 1 heterocycles. The number of methoxy groups -OCH3 is 2. The first-order valence-electron chi connectivity index (χ1n) is 7.60. The zero-order chi connectivity index (χ0) is 16.1. The predicted molar refractivity (Wildman–Crippen MR) is 87.5 cm³/mol. The van der Waals surface area contributed by atoms with Gasteiger partial charge in [0.05, 0.1) is 14.2 Å². The van der Waals surface area contributed by atoms with Crippen molar-refractivity contribution in [2.24, 2.45) is 0 Å². The highest BCUT2D eigenvalue weighted by molar-refractivity contribution is 5.44. The van der Waals surface area contributed by atoms with E-state index in [1.807, 2.05) is 36.4 Å². The van der Waals surface area contributed by atoms with Gasteiger partial charge in [0.2, 0.25) is 0 Å². The molecule has 0 aliphatic carbocycles. The van der Waals surface area contributed by atoms with Crippen LogP contribution in [0.3, 0.4) is 0 Å². The Hall–Kier alpha value is -2.40. The zero-order valence-electron chi connectivity index (χ0n) is 13.4. The van der Waals surface area contributed by atoms with E-state index >= 15 is 0 Å². The number of rotatable bonds is 6. The fourth-order valence-electron chi connectivity index (χ4n) is 2.54. The number of benzene rings is 2. The van der Waals surface area contributed by atoms with E-state index in [9.17, 15) is 0 Å². The van der Waals surface area contributed by atoms with Gasteiger partial charge < -0.3 is 24.3 Å². The van der Waals surface area contributed by atoms with Crippen molar-refractivity contribution in [1.29, 1.82) is 0 Å². The van der Waals surface area contributed by atoms with Crippen LogP contribution in [-0.4, -0.2) is 27.4 Å². The molecule has 0 saturated heterocycles. The number of hydrogen-bond donors (Lipinski definition) is 1. The second-order valence-corrected chi connectivity index (χ2v) is 5.26. The summed E-state index contributed by atoms with van der Waals surface area (Å²) in [5.74, 6) is 3.24. The highest BCUT2D eigenvalue weighted by Gasteiger charge is 2.11. The van der Waals surface area contributed by atoms with Crippen LogP contribution in [0, 0.1) is 0 Å². The van der Waals surface area contributed by atoms with E-state index in [1.54, 1.807) is 14.2 Å². The molecule has 122 valence electrons. The molecule has 0 bridgehead atoms. The van der Waals surface area contributed by atoms with Crippen LogP contribution >= 0.6 is 0 Å². The normalized spacial score (nSPS) is 12.8. The maximum atomic E-state index is 5.60. The van der Waals surface area contributed by atoms with E-state index in [0.29, 0.717) is 19.8 Å². The van der Waals surface area contributed by atoms with Crippen molar-refractivity contribution in [3.05, 3.63) is 47.5 Å². The van der Waals surface area contributed by atoms with Gasteiger partial charge in [0, 0.05) is 24.7 Å². The topological polar surface area (TPSA) is 49.0 Å². The van der Waals surface area contributed by atoms with E-state index in [4.69, 9.17) is 18.9 Å². The summed E-state index contributed by atoms with van der Waals surface area (Å²) in [6, 6.07) is 11.9. The number of fused-ring (bicyclic) bond motifs is 1. The minimum atomic E-state index is 0.604. The third kappa shape index (κ3) is 3.68. The first kappa shape index (κ1) is 15.5. The summed E-state index contributed by atoms with van der Waals surface area (Å²) in [5, 5.41) is 3.42. The van der Waals surface area contributed by atoms with Crippen molar-refractivity contribution in [3.8, 4) is 23.0 Å². The maximum absolute atomic E-state index is 5.60. The molecule has 3 rings (SSSR count). The summed E-state index contributed by atoms with van der Waals surface area (Å²) in [4.78, 5) is 0. The molecule has 5 nitrogen and oxygen atoms in total. The molecule has 1 aliphatic heterocycles. The fraction of sp³-hybridized carbons (Fsp3) is 0.333. The molecule has 0 atom stereocenters. The Balaban J connectivity index is 1.61. The third-order valence-electron chi connectivity index (χ3n) is 3.75. The molecule has 0 radical (unpaired) electrons. The Morgan fingerprint density at radius 1 is 0.913 bits per heavy atom. The summed E-state index contributed by atoms with van der Waals surface area (Å²) < 4.78 is 21.8. The van der Waals surface area contributed by atoms with E-state index in [1.165, 1.54) is 0 Å². The monoisotopic (exact) mass is 315 g/mol. The van der Waals surface area contributed by atoms with Crippen molar-refractivity contribution >= 4 is 0 Å². The maximum Gasteiger partial charge on any atom is 0.161 e. The van der Waals surface area contributed by atoms with Crippen LogP contribution in [0.25, 0.3) is 0 Å². The Bertz CT molecular complexity index is 672. The molecular weight excluding hydrogens is 294 g/mol. The third-order valence-corrected chi connectivity index (χ3v) is 3.75. The van der Waals surface area contributed by atoms with Crippen molar-refractivity contribution in [1.82, 2.24) is 5.32 Å². The second kappa shape index (κ2) is 7.24. The average molecular weight is 315 g/mol. The summed E-state index contributed by atoms with van der Waals surface area (Å²) >= 11 is 0. The highest BCUT2D eigenvalue weighted by atomic mass is 16.6. The first-order valence-corrected chi connectivity index (χ1v) is 7.60. The van der Waals surface area contributed by atoms with Gasteiger partial charge in [0.15, 0.2) is 11.5 Å². The Kier molecular flexibility index (Phi) is 4.88. The van der Waals surface area contributed by atoms with Gasteiger partial charge in [-0.3, -0.25) is 0 Å². The largest absolute Gasteiger partial charge is 0.497 e. The zero-order valence-corrected chi connectivity index (χ0v) is 13.4. The van der Waals surface area contributed by atoms with E-state index in [0.717, 1.165) is 40.7 Å². The van der Waals surface area contributed by atoms with Crippen LogP contribution in [0.1, 0.15) is 11.1 Å². The number of nitrogens with one attached hydrogen (secondary N) is 1.